The Balaban J connectivity index is 3.20. The average molecular weight is 307 g/mol. The third kappa shape index (κ3) is 2.31. The number of anilines is 1. The lowest BCUT2D eigenvalue weighted by atomic mass is 10.1. The first-order valence-electron chi connectivity index (χ1n) is 3.72. The number of benzene rings is 1. The molecule has 4 heteroatoms. The zero-order chi connectivity index (χ0) is 10.0. The highest BCUT2D eigenvalue weighted by molar-refractivity contribution is 9.11. The SMILES string of the molecule is CC(=O)C(Br)c1c(N)cccc1Br. The molecule has 0 amide bonds. The molecular formula is C9H9Br2NO. The highest BCUT2D eigenvalue weighted by Crippen LogP contribution is 2.34. The van der Waals surface area contributed by atoms with E-state index in [4.69, 9.17) is 5.73 Å². The number of carbonyl (C=O) groups is 1. The fourth-order valence-electron chi connectivity index (χ4n) is 1.02. The smallest absolute Gasteiger partial charge is 0.147 e. The number of halogens is 2. The molecular weight excluding hydrogens is 298 g/mol. The average Bonchev–Trinajstić information content (AvgIpc) is 2.03. The molecule has 2 N–H and O–H groups in total. The van der Waals surface area contributed by atoms with Gasteiger partial charge in [0.25, 0.3) is 0 Å². The van der Waals surface area contributed by atoms with Gasteiger partial charge in [0.15, 0.2) is 0 Å². The van der Waals surface area contributed by atoms with Crippen LogP contribution in [0, 0.1) is 0 Å². The summed E-state index contributed by atoms with van der Waals surface area (Å²) in [5, 5.41) is 0. The lowest BCUT2D eigenvalue weighted by Gasteiger charge is -2.11. The van der Waals surface area contributed by atoms with E-state index in [1.165, 1.54) is 6.92 Å². The second-order valence-electron chi connectivity index (χ2n) is 2.72. The molecule has 13 heavy (non-hydrogen) atoms. The lowest BCUT2D eigenvalue weighted by Crippen LogP contribution is -2.05. The summed E-state index contributed by atoms with van der Waals surface area (Å²) in [6.45, 7) is 1.53. The van der Waals surface area contributed by atoms with Gasteiger partial charge in [-0.2, -0.15) is 0 Å². The van der Waals surface area contributed by atoms with Crippen LogP contribution in [0.3, 0.4) is 0 Å². The van der Waals surface area contributed by atoms with Gasteiger partial charge in [-0.05, 0) is 19.1 Å². The Morgan fingerprint density at radius 3 is 2.62 bits per heavy atom. The Labute approximate surface area is 93.8 Å². The summed E-state index contributed by atoms with van der Waals surface area (Å²) in [5.41, 5.74) is 7.17. The molecule has 1 aromatic carbocycles. The van der Waals surface area contributed by atoms with Crippen molar-refractivity contribution in [1.29, 1.82) is 0 Å². The number of hydrogen-bond donors (Lipinski definition) is 1. The molecule has 0 aliphatic carbocycles. The van der Waals surface area contributed by atoms with Crippen LogP contribution in [0.2, 0.25) is 0 Å². The minimum absolute atomic E-state index is 0.0404. The largest absolute Gasteiger partial charge is 0.398 e. The number of nitrogen functional groups attached to an aromatic ring is 1. The van der Waals surface area contributed by atoms with E-state index in [0.717, 1.165) is 10.0 Å². The van der Waals surface area contributed by atoms with Crippen LogP contribution >= 0.6 is 31.9 Å². The molecule has 2 nitrogen and oxygen atoms in total. The van der Waals surface area contributed by atoms with Gasteiger partial charge in [-0.15, -0.1) is 0 Å². The van der Waals surface area contributed by atoms with Gasteiger partial charge in [0, 0.05) is 15.7 Å². The van der Waals surface area contributed by atoms with Crippen molar-refractivity contribution >= 4 is 43.3 Å². The maximum Gasteiger partial charge on any atom is 0.147 e. The first-order chi connectivity index (χ1) is 6.04. The third-order valence-corrected chi connectivity index (χ3v) is 3.49. The van der Waals surface area contributed by atoms with Crippen LogP contribution in [0.25, 0.3) is 0 Å². The predicted octanol–water partition coefficient (Wildman–Crippen LogP) is 3.06. The predicted molar refractivity (Wildman–Crippen MR) is 60.9 cm³/mol. The van der Waals surface area contributed by atoms with Gasteiger partial charge >= 0.3 is 0 Å². The summed E-state index contributed by atoms with van der Waals surface area (Å²) in [7, 11) is 0. The zero-order valence-corrected chi connectivity index (χ0v) is 10.2. The van der Waals surface area contributed by atoms with Crippen LogP contribution in [0.1, 0.15) is 17.3 Å². The van der Waals surface area contributed by atoms with Gasteiger partial charge in [0.1, 0.15) is 10.6 Å². The Hall–Kier alpha value is -0.350. The van der Waals surface area contributed by atoms with Crippen LogP contribution in [-0.2, 0) is 4.79 Å². The second-order valence-corrected chi connectivity index (χ2v) is 4.49. The molecule has 0 aliphatic rings. The van der Waals surface area contributed by atoms with Gasteiger partial charge in [0.2, 0.25) is 0 Å². The summed E-state index contributed by atoms with van der Waals surface area (Å²) in [5.74, 6) is 0.0404. The van der Waals surface area contributed by atoms with Crippen molar-refractivity contribution < 1.29 is 4.79 Å². The molecule has 0 heterocycles. The van der Waals surface area contributed by atoms with Gasteiger partial charge < -0.3 is 5.73 Å². The molecule has 70 valence electrons. The van der Waals surface area contributed by atoms with Crippen molar-refractivity contribution in [1.82, 2.24) is 0 Å². The van der Waals surface area contributed by atoms with E-state index in [1.807, 2.05) is 12.1 Å². The van der Waals surface area contributed by atoms with Gasteiger partial charge in [-0.1, -0.05) is 37.9 Å². The van der Waals surface area contributed by atoms with E-state index in [0.29, 0.717) is 5.69 Å². The molecule has 1 unspecified atom stereocenters. The lowest BCUT2D eigenvalue weighted by molar-refractivity contribution is -0.116. The molecule has 1 rings (SSSR count). The molecule has 0 spiro atoms. The van der Waals surface area contributed by atoms with E-state index >= 15 is 0 Å². The first-order valence-corrected chi connectivity index (χ1v) is 5.43. The van der Waals surface area contributed by atoms with Crippen molar-refractivity contribution in [2.45, 2.75) is 11.8 Å². The van der Waals surface area contributed by atoms with Crippen molar-refractivity contribution in [2.24, 2.45) is 0 Å². The molecule has 1 aromatic rings. The number of carbonyl (C=O) groups excluding carboxylic acids is 1. The van der Waals surface area contributed by atoms with Crippen molar-refractivity contribution in [3.05, 3.63) is 28.2 Å². The Bertz CT molecular complexity index is 318. The monoisotopic (exact) mass is 305 g/mol. The molecule has 0 fully saturated rings. The Morgan fingerprint density at radius 1 is 1.54 bits per heavy atom. The number of ketones is 1. The molecule has 0 aliphatic heterocycles. The summed E-state index contributed by atoms with van der Waals surface area (Å²) in [6, 6.07) is 5.48. The van der Waals surface area contributed by atoms with Crippen LogP contribution in [0.5, 0.6) is 0 Å². The highest BCUT2D eigenvalue weighted by atomic mass is 79.9. The second kappa shape index (κ2) is 4.24. The number of rotatable bonds is 2. The minimum Gasteiger partial charge on any atom is -0.398 e. The van der Waals surface area contributed by atoms with Gasteiger partial charge in [-0.25, -0.2) is 0 Å². The topological polar surface area (TPSA) is 43.1 Å². The standard InChI is InChI=1S/C9H9Br2NO/c1-5(13)9(11)8-6(10)3-2-4-7(8)12/h2-4,9H,12H2,1H3. The highest BCUT2D eigenvalue weighted by Gasteiger charge is 2.17. The van der Waals surface area contributed by atoms with Crippen LogP contribution in [0.4, 0.5) is 5.69 Å². The van der Waals surface area contributed by atoms with Gasteiger partial charge in [0.05, 0.1) is 0 Å². The third-order valence-electron chi connectivity index (χ3n) is 1.70. The van der Waals surface area contributed by atoms with Crippen LogP contribution in [-0.4, -0.2) is 5.78 Å². The van der Waals surface area contributed by atoms with Crippen molar-refractivity contribution in [3.63, 3.8) is 0 Å². The van der Waals surface area contributed by atoms with Crippen LogP contribution < -0.4 is 5.73 Å². The molecule has 0 aromatic heterocycles. The summed E-state index contributed by atoms with van der Waals surface area (Å²) >= 11 is 6.65. The maximum absolute atomic E-state index is 11.1. The molecule has 0 bridgehead atoms. The van der Waals surface area contributed by atoms with Crippen molar-refractivity contribution in [3.8, 4) is 0 Å². The number of nitrogens with two attached hydrogens (primary N) is 1. The molecule has 0 saturated carbocycles. The number of alkyl halides is 1. The zero-order valence-electron chi connectivity index (χ0n) is 7.05. The molecule has 0 radical (unpaired) electrons. The van der Waals surface area contributed by atoms with Crippen LogP contribution in [0.15, 0.2) is 22.7 Å². The molecule has 0 saturated heterocycles. The Kier molecular flexibility index (Phi) is 3.50. The normalized spacial score (nSPS) is 12.5. The number of hydrogen-bond acceptors (Lipinski definition) is 2. The van der Waals surface area contributed by atoms with Crippen molar-refractivity contribution in [2.75, 3.05) is 5.73 Å². The summed E-state index contributed by atoms with van der Waals surface area (Å²) in [6.07, 6.45) is 0. The first kappa shape index (κ1) is 10.7. The van der Waals surface area contributed by atoms with E-state index in [9.17, 15) is 4.79 Å². The van der Waals surface area contributed by atoms with E-state index in [1.54, 1.807) is 6.07 Å². The maximum atomic E-state index is 11.1. The quantitative estimate of drug-likeness (QED) is 0.674. The van der Waals surface area contributed by atoms with E-state index in [2.05, 4.69) is 31.9 Å². The number of Topliss-reactive ketones (excluding diaryl/α,β-unsaturated/α-hetero) is 1. The fraction of sp³-hybridized carbons (Fsp3) is 0.222. The van der Waals surface area contributed by atoms with Gasteiger partial charge in [-0.3, -0.25) is 4.79 Å². The van der Waals surface area contributed by atoms with E-state index < -0.39 is 0 Å². The van der Waals surface area contributed by atoms with E-state index in [-0.39, 0.29) is 10.6 Å². The summed E-state index contributed by atoms with van der Waals surface area (Å²) in [4.78, 5) is 10.8. The summed E-state index contributed by atoms with van der Waals surface area (Å²) < 4.78 is 0.851. The minimum atomic E-state index is -0.330. The molecule has 1 atom stereocenters. The Morgan fingerprint density at radius 2 is 2.15 bits per heavy atom. The fourth-order valence-corrected chi connectivity index (χ4v) is 2.45.